The second-order valence-electron chi connectivity index (χ2n) is 6.03. The minimum Gasteiger partial charge on any atom is -0.330 e. The van der Waals surface area contributed by atoms with Crippen molar-refractivity contribution in [2.24, 2.45) is 0 Å². The Morgan fingerprint density at radius 2 is 1.79 bits per heavy atom. The molecule has 2 aromatic rings. The Morgan fingerprint density at radius 1 is 1.14 bits per heavy atom. The van der Waals surface area contributed by atoms with Gasteiger partial charge in [0.25, 0.3) is 0 Å². The summed E-state index contributed by atoms with van der Waals surface area (Å²) >= 11 is 1.12. The first-order valence-electron chi connectivity index (χ1n) is 8.34. The van der Waals surface area contributed by atoms with Crippen molar-refractivity contribution in [3.8, 4) is 0 Å². The van der Waals surface area contributed by atoms with Gasteiger partial charge in [0.2, 0.25) is 11.8 Å². The number of thioether (sulfide) groups is 1. The zero-order valence-electron chi connectivity index (χ0n) is 15.2. The lowest BCUT2D eigenvalue weighted by Gasteiger charge is -2.26. The van der Waals surface area contributed by atoms with Crippen molar-refractivity contribution in [1.29, 1.82) is 0 Å². The molecule has 1 heterocycles. The molecule has 2 rings (SSSR count). The second kappa shape index (κ2) is 9.54. The maximum Gasteiger partial charge on any atom is 0.418 e. The lowest BCUT2D eigenvalue weighted by Crippen LogP contribution is -2.43. The molecule has 0 atom stereocenters. The fourth-order valence-electron chi connectivity index (χ4n) is 2.31. The molecule has 0 aliphatic carbocycles. The number of nitrogens with zero attached hydrogens (tertiary/aromatic N) is 3. The molecule has 0 bridgehead atoms. The molecule has 0 spiro atoms. The van der Waals surface area contributed by atoms with Crippen LogP contribution in [-0.2, 0) is 15.8 Å². The maximum atomic E-state index is 13.0. The summed E-state index contributed by atoms with van der Waals surface area (Å²) in [4.78, 5) is 34.0. The molecule has 0 fully saturated rings. The zero-order valence-corrected chi connectivity index (χ0v) is 16.0. The number of hydrogen-bond donors (Lipinski definition) is 1. The number of hydrogen-bond acceptors (Lipinski definition) is 5. The highest BCUT2D eigenvalue weighted by Gasteiger charge is 2.33. The number of amides is 2. The normalized spacial score (nSPS) is 11.4. The minimum absolute atomic E-state index is 0.00854. The average molecular weight is 412 g/mol. The van der Waals surface area contributed by atoms with Crippen LogP contribution in [0.5, 0.6) is 0 Å². The summed E-state index contributed by atoms with van der Waals surface area (Å²) in [6, 6.07) is 6.03. The average Bonchev–Trinajstić information content (AvgIpc) is 2.64. The van der Waals surface area contributed by atoms with E-state index in [0.717, 1.165) is 17.8 Å². The van der Waals surface area contributed by atoms with Gasteiger partial charge in [0, 0.05) is 18.4 Å². The van der Waals surface area contributed by atoms with Gasteiger partial charge in [-0.2, -0.15) is 13.2 Å². The first-order valence-corrected chi connectivity index (χ1v) is 9.32. The Labute approximate surface area is 164 Å². The topological polar surface area (TPSA) is 75.2 Å². The number of nitrogens with one attached hydrogen (secondary N) is 1. The molecule has 0 aliphatic heterocycles. The zero-order chi connectivity index (χ0) is 20.7. The van der Waals surface area contributed by atoms with Gasteiger partial charge in [-0.15, -0.1) is 0 Å². The van der Waals surface area contributed by atoms with Crippen molar-refractivity contribution >= 4 is 29.3 Å². The van der Waals surface area contributed by atoms with Gasteiger partial charge >= 0.3 is 6.18 Å². The Balaban J connectivity index is 2.02. The summed E-state index contributed by atoms with van der Waals surface area (Å²) in [7, 11) is 0. The fraction of sp³-hybridized carbons (Fsp3) is 0.333. The first-order chi connectivity index (χ1) is 13.2. The highest BCUT2D eigenvalue weighted by molar-refractivity contribution is 7.99. The SMILES string of the molecule is CC(C)N(CC(=O)Nc1ccccc1C(F)(F)F)C(=O)CSc1ncccn1. The van der Waals surface area contributed by atoms with Gasteiger partial charge in [-0.1, -0.05) is 23.9 Å². The molecule has 0 radical (unpaired) electrons. The number of aromatic nitrogens is 2. The van der Waals surface area contributed by atoms with Crippen LogP contribution in [-0.4, -0.2) is 45.0 Å². The highest BCUT2D eigenvalue weighted by Crippen LogP contribution is 2.34. The standard InChI is InChI=1S/C18H19F3N4O2S/c1-12(2)25(16(27)11-28-17-22-8-5-9-23-17)10-15(26)24-14-7-4-3-6-13(14)18(19,20)21/h3-9,12H,10-11H2,1-2H3,(H,24,26). The summed E-state index contributed by atoms with van der Waals surface area (Å²) < 4.78 is 39.1. The monoisotopic (exact) mass is 412 g/mol. The van der Waals surface area contributed by atoms with Crippen LogP contribution in [0, 0.1) is 0 Å². The van der Waals surface area contributed by atoms with E-state index in [1.807, 2.05) is 0 Å². The van der Waals surface area contributed by atoms with Crippen LogP contribution in [0.1, 0.15) is 19.4 Å². The van der Waals surface area contributed by atoms with E-state index in [4.69, 9.17) is 0 Å². The van der Waals surface area contributed by atoms with Gasteiger partial charge < -0.3 is 10.2 Å². The van der Waals surface area contributed by atoms with E-state index in [1.165, 1.54) is 23.1 Å². The van der Waals surface area contributed by atoms with Gasteiger partial charge in [0.15, 0.2) is 5.16 Å². The van der Waals surface area contributed by atoms with Crippen molar-refractivity contribution in [2.75, 3.05) is 17.6 Å². The number of carbonyl (C=O) groups excluding carboxylic acids is 2. The van der Waals surface area contributed by atoms with Crippen molar-refractivity contribution in [3.63, 3.8) is 0 Å². The molecule has 10 heteroatoms. The number of anilines is 1. The van der Waals surface area contributed by atoms with Crippen molar-refractivity contribution < 1.29 is 22.8 Å². The summed E-state index contributed by atoms with van der Waals surface area (Å²) in [6.45, 7) is 3.08. The van der Waals surface area contributed by atoms with Crippen LogP contribution in [0.2, 0.25) is 0 Å². The number of para-hydroxylation sites is 1. The van der Waals surface area contributed by atoms with E-state index in [1.54, 1.807) is 32.3 Å². The third-order valence-electron chi connectivity index (χ3n) is 3.63. The largest absolute Gasteiger partial charge is 0.418 e. The van der Waals surface area contributed by atoms with Crippen LogP contribution in [0.25, 0.3) is 0 Å². The number of rotatable bonds is 7. The molecule has 1 N–H and O–H groups in total. The lowest BCUT2D eigenvalue weighted by molar-refractivity contribution is -0.137. The van der Waals surface area contributed by atoms with Crippen LogP contribution < -0.4 is 5.32 Å². The molecule has 2 amide bonds. The third kappa shape index (κ3) is 6.22. The molecule has 150 valence electrons. The summed E-state index contributed by atoms with van der Waals surface area (Å²) in [5, 5.41) is 2.67. The third-order valence-corrected chi connectivity index (χ3v) is 4.49. The van der Waals surface area contributed by atoms with Gasteiger partial charge in [0.05, 0.1) is 17.0 Å². The Bertz CT molecular complexity index is 816. The predicted molar refractivity (Wildman–Crippen MR) is 99.7 cm³/mol. The predicted octanol–water partition coefficient (Wildman–Crippen LogP) is 3.46. The molecular formula is C18H19F3N4O2S. The lowest BCUT2D eigenvalue weighted by atomic mass is 10.1. The summed E-state index contributed by atoms with van der Waals surface area (Å²) in [5.74, 6) is -1.04. The molecule has 0 saturated heterocycles. The molecule has 1 aromatic heterocycles. The van der Waals surface area contributed by atoms with Crippen molar-refractivity contribution in [2.45, 2.75) is 31.2 Å². The Hall–Kier alpha value is -2.62. The Morgan fingerprint density at radius 3 is 2.39 bits per heavy atom. The summed E-state index contributed by atoms with van der Waals surface area (Å²) in [6.07, 6.45) is -1.50. The maximum absolute atomic E-state index is 13.0. The molecular weight excluding hydrogens is 393 g/mol. The minimum atomic E-state index is -4.59. The number of halogens is 3. The number of alkyl halides is 3. The molecule has 1 aromatic carbocycles. The molecule has 6 nitrogen and oxygen atoms in total. The van der Waals surface area contributed by atoms with Crippen LogP contribution >= 0.6 is 11.8 Å². The van der Waals surface area contributed by atoms with Gasteiger partial charge in [-0.25, -0.2) is 9.97 Å². The fourth-order valence-corrected chi connectivity index (χ4v) is 3.00. The molecule has 0 unspecified atom stereocenters. The van der Waals surface area contributed by atoms with Crippen molar-refractivity contribution in [3.05, 3.63) is 48.3 Å². The summed E-state index contributed by atoms with van der Waals surface area (Å²) in [5.41, 5.74) is -1.29. The van der Waals surface area contributed by atoms with Gasteiger partial charge in [-0.05, 0) is 32.0 Å². The first kappa shape index (κ1) is 21.7. The van der Waals surface area contributed by atoms with E-state index < -0.39 is 17.6 Å². The number of benzene rings is 1. The second-order valence-corrected chi connectivity index (χ2v) is 6.97. The van der Waals surface area contributed by atoms with E-state index in [-0.39, 0.29) is 29.9 Å². The van der Waals surface area contributed by atoms with Gasteiger partial charge in [0.1, 0.15) is 6.54 Å². The van der Waals surface area contributed by atoms with Gasteiger partial charge in [-0.3, -0.25) is 9.59 Å². The molecule has 28 heavy (non-hydrogen) atoms. The smallest absolute Gasteiger partial charge is 0.330 e. The van der Waals surface area contributed by atoms with Crippen LogP contribution in [0.3, 0.4) is 0 Å². The van der Waals surface area contributed by atoms with E-state index >= 15 is 0 Å². The molecule has 0 saturated carbocycles. The quantitative estimate of drug-likeness (QED) is 0.557. The van der Waals surface area contributed by atoms with Crippen LogP contribution in [0.4, 0.5) is 18.9 Å². The van der Waals surface area contributed by atoms with E-state index in [2.05, 4.69) is 15.3 Å². The molecule has 0 aliphatic rings. The van der Waals surface area contributed by atoms with Crippen LogP contribution in [0.15, 0.2) is 47.9 Å². The van der Waals surface area contributed by atoms with E-state index in [9.17, 15) is 22.8 Å². The highest BCUT2D eigenvalue weighted by atomic mass is 32.2. The van der Waals surface area contributed by atoms with E-state index in [0.29, 0.717) is 5.16 Å². The number of carbonyl (C=O) groups is 2. The Kier molecular flexibility index (Phi) is 7.38. The van der Waals surface area contributed by atoms with Crippen molar-refractivity contribution in [1.82, 2.24) is 14.9 Å².